The fourth-order valence-electron chi connectivity index (χ4n) is 3.43. The molecule has 1 heterocycles. The third-order valence-electron chi connectivity index (χ3n) is 5.10. The maximum atomic E-state index is 12.8. The summed E-state index contributed by atoms with van der Waals surface area (Å²) in [6.07, 6.45) is 3.87. The fraction of sp³-hybridized carbons (Fsp3) is 0.391. The normalized spacial score (nSPS) is 15.2. The molecule has 43 heavy (non-hydrogen) atoms. The summed E-state index contributed by atoms with van der Waals surface area (Å²) in [5.41, 5.74) is 2.28. The first-order chi connectivity index (χ1) is 18.8. The zero-order valence-corrected chi connectivity index (χ0v) is 27.3. The van der Waals surface area contributed by atoms with E-state index in [0.717, 1.165) is 13.1 Å². The molecule has 0 fully saturated rings. The molecular weight excluding hydrogens is 761 g/mol. The van der Waals surface area contributed by atoms with E-state index < -0.39 is 20.5 Å². The van der Waals surface area contributed by atoms with Crippen LogP contribution in [0.4, 0.5) is 0 Å². The molecule has 0 spiro atoms. The summed E-state index contributed by atoms with van der Waals surface area (Å²) in [6.45, 7) is 3.44. The van der Waals surface area contributed by atoms with Crippen molar-refractivity contribution in [2.24, 2.45) is 9.98 Å². The molecule has 20 heteroatoms. The zero-order chi connectivity index (χ0) is 31.4. The van der Waals surface area contributed by atoms with Crippen LogP contribution in [-0.4, -0.2) is 62.5 Å². The minimum atomic E-state index is -4.94. The van der Waals surface area contributed by atoms with Gasteiger partial charge in [-0.1, -0.05) is 34.7 Å². The third-order valence-corrected chi connectivity index (χ3v) is 5.53. The summed E-state index contributed by atoms with van der Waals surface area (Å²) >= 11 is 12.5. The Morgan fingerprint density at radius 2 is 0.930 bits per heavy atom. The second-order valence-electron chi connectivity index (χ2n) is 8.62. The largest absolute Gasteiger partial charge is 2.00 e. The molecule has 0 aromatic heterocycles. The van der Waals surface area contributed by atoms with E-state index in [1.807, 2.05) is 14.1 Å². The maximum Gasteiger partial charge on any atom is 2.00 e. The van der Waals surface area contributed by atoms with Gasteiger partial charge in [-0.2, -0.15) is 0 Å². The van der Waals surface area contributed by atoms with Crippen LogP contribution in [0.2, 0.25) is 10.0 Å². The average Bonchev–Trinajstić information content (AvgIpc) is 2.80. The Morgan fingerprint density at radius 1 is 0.628 bits per heavy atom. The zero-order valence-electron chi connectivity index (χ0n) is 22.4. The molecule has 0 amide bonds. The number of rotatable bonds is 0. The van der Waals surface area contributed by atoms with Gasteiger partial charge in [0.15, 0.2) is 0 Å². The number of hydrogen-bond acceptors (Lipinski definition) is 14. The van der Waals surface area contributed by atoms with Crippen molar-refractivity contribution < 1.29 is 102 Å². The Labute approximate surface area is 283 Å². The molecule has 248 valence electrons. The number of benzene rings is 2. The molecular formula is C23H26Cl4Cu2N4O10. The molecule has 2 aromatic rings. The van der Waals surface area contributed by atoms with Gasteiger partial charge in [-0.25, -0.2) is 37.3 Å². The van der Waals surface area contributed by atoms with Crippen LogP contribution in [0.25, 0.3) is 0 Å². The predicted molar refractivity (Wildman–Crippen MR) is 124 cm³/mol. The summed E-state index contributed by atoms with van der Waals surface area (Å²) < 4.78 is 67.9. The van der Waals surface area contributed by atoms with E-state index in [0.29, 0.717) is 64.9 Å². The smallest absolute Gasteiger partial charge is 0.872 e. The van der Waals surface area contributed by atoms with Crippen molar-refractivity contribution >= 4 is 35.6 Å². The molecule has 3 rings (SSSR count). The average molecular weight is 787 g/mol. The van der Waals surface area contributed by atoms with Gasteiger partial charge in [-0.3, -0.25) is 9.98 Å². The molecule has 1 aliphatic heterocycles. The minimum Gasteiger partial charge on any atom is -0.872 e. The fourth-order valence-corrected chi connectivity index (χ4v) is 3.93. The molecule has 0 aliphatic carbocycles. The molecule has 1 aliphatic rings. The van der Waals surface area contributed by atoms with Gasteiger partial charge in [-0.15, -0.1) is 20.5 Å². The standard InChI is InChI=1S/C23H28Cl2N4O2.2ClHO4.2Cu/c1-28-6-7-29(2)15-19-11-21(25)9-17(23(19)31)13-27-5-3-4-26-12-16-8-20(24)10-18(14-28)22(16)30;2*2-1(3,4)5;;/h8-13,30-31H,3-7,14-15H2,1-2H3;2*(H,2,3,4,5);;/q;;;2*+2/p-4. The van der Waals surface area contributed by atoms with Gasteiger partial charge in [0.25, 0.3) is 0 Å². The summed E-state index contributed by atoms with van der Waals surface area (Å²) in [4.78, 5) is 12.8. The molecule has 0 atom stereocenters. The van der Waals surface area contributed by atoms with Crippen LogP contribution in [-0.2, 0) is 47.2 Å². The Balaban J connectivity index is 0. The van der Waals surface area contributed by atoms with E-state index in [1.165, 1.54) is 0 Å². The first-order valence-corrected chi connectivity index (χ1v) is 14.6. The topological polar surface area (TPSA) is 262 Å². The van der Waals surface area contributed by atoms with Crippen molar-refractivity contribution in [2.75, 3.05) is 40.3 Å². The van der Waals surface area contributed by atoms with E-state index in [2.05, 4.69) is 19.8 Å². The van der Waals surface area contributed by atoms with Crippen molar-refractivity contribution in [3.8, 4) is 11.5 Å². The van der Waals surface area contributed by atoms with E-state index >= 15 is 0 Å². The summed E-state index contributed by atoms with van der Waals surface area (Å²) in [6, 6.07) is 6.74. The molecule has 2 aromatic carbocycles. The van der Waals surface area contributed by atoms with Crippen LogP contribution in [0.15, 0.2) is 34.3 Å². The van der Waals surface area contributed by atoms with Gasteiger partial charge in [-0.05, 0) is 67.0 Å². The van der Waals surface area contributed by atoms with Gasteiger partial charge in [0, 0.05) is 61.7 Å². The molecule has 0 unspecified atom stereocenters. The number of halogens is 4. The van der Waals surface area contributed by atoms with Gasteiger partial charge >= 0.3 is 34.1 Å². The number of fused-ring (bicyclic) bond motifs is 4. The Bertz CT molecular complexity index is 1090. The molecule has 2 radical (unpaired) electrons. The van der Waals surface area contributed by atoms with Crippen LogP contribution in [0.1, 0.15) is 28.7 Å². The van der Waals surface area contributed by atoms with Crippen molar-refractivity contribution in [2.45, 2.75) is 19.5 Å². The first kappa shape index (κ1) is 44.3. The predicted octanol–water partition coefficient (Wildman–Crippen LogP) is -6.57. The number of hydrogen-bond donors (Lipinski definition) is 0. The second-order valence-corrected chi connectivity index (χ2v) is 11.0. The molecule has 0 saturated carbocycles. The van der Waals surface area contributed by atoms with Gasteiger partial charge in [0.1, 0.15) is 0 Å². The summed E-state index contributed by atoms with van der Waals surface area (Å²) in [5, 5.41) is 26.6. The summed E-state index contributed by atoms with van der Waals surface area (Å²) in [7, 11) is -5.98. The SMILES string of the molecule is CN1CCN(C)Cc2cc(Cl)cc(c2[O-])C=NCCCN=Cc2cc(Cl)cc(c2[O-])C1.[Cu+2].[Cu+2].[O-][Cl+3]([O-])([O-])[O-].[O-][Cl+3]([O-])([O-])[O-]. The van der Waals surface area contributed by atoms with E-state index in [9.17, 15) is 10.2 Å². The third kappa shape index (κ3) is 21.5. The monoisotopic (exact) mass is 784 g/mol. The van der Waals surface area contributed by atoms with Gasteiger partial charge in [0.05, 0.1) is 0 Å². The number of nitrogens with zero attached hydrogens (tertiary/aromatic N) is 4. The van der Waals surface area contributed by atoms with Crippen molar-refractivity contribution in [3.63, 3.8) is 0 Å². The maximum absolute atomic E-state index is 12.8. The summed E-state index contributed by atoms with van der Waals surface area (Å²) in [5.74, 6) is -0.100. The Morgan fingerprint density at radius 3 is 1.23 bits per heavy atom. The minimum absolute atomic E-state index is 0. The van der Waals surface area contributed by atoms with Crippen molar-refractivity contribution in [1.82, 2.24) is 9.80 Å². The van der Waals surface area contributed by atoms with Crippen LogP contribution in [0.5, 0.6) is 11.5 Å². The van der Waals surface area contributed by atoms with Crippen LogP contribution in [0.3, 0.4) is 0 Å². The first-order valence-electron chi connectivity index (χ1n) is 11.4. The quantitative estimate of drug-likeness (QED) is 0.226. The second kappa shape index (κ2) is 21.1. The van der Waals surface area contributed by atoms with Crippen LogP contribution >= 0.6 is 23.2 Å². The van der Waals surface area contributed by atoms with Crippen LogP contribution in [0, 0.1) is 20.5 Å². The molecule has 0 N–H and O–H groups in total. The van der Waals surface area contributed by atoms with Crippen molar-refractivity contribution in [3.05, 3.63) is 56.6 Å². The Kier molecular flexibility index (Phi) is 21.7. The van der Waals surface area contributed by atoms with Gasteiger partial charge < -0.3 is 20.0 Å². The molecule has 4 bridgehead atoms. The number of likely N-dealkylation sites (N-methyl/N-ethyl adjacent to an activating group) is 2. The van der Waals surface area contributed by atoms with E-state index in [4.69, 9.17) is 60.5 Å². The Hall–Kier alpha value is -0.821. The van der Waals surface area contributed by atoms with E-state index in [1.54, 1.807) is 36.7 Å². The van der Waals surface area contributed by atoms with E-state index in [-0.39, 0.29) is 45.6 Å². The van der Waals surface area contributed by atoms with Crippen molar-refractivity contribution in [1.29, 1.82) is 0 Å². The number of aliphatic imine (C=N–C) groups is 2. The molecule has 0 saturated heterocycles. The molecule has 14 nitrogen and oxygen atoms in total. The van der Waals surface area contributed by atoms with Gasteiger partial charge in [0.2, 0.25) is 0 Å². The van der Waals surface area contributed by atoms with Crippen LogP contribution < -0.4 is 47.5 Å².